The topological polar surface area (TPSA) is 37.3 Å². The van der Waals surface area contributed by atoms with Gasteiger partial charge in [0.15, 0.2) is 0 Å². The van der Waals surface area contributed by atoms with E-state index in [1.165, 1.54) is 0 Å². The molecule has 80 valence electrons. The molecule has 3 unspecified atom stereocenters. The van der Waals surface area contributed by atoms with Crippen LogP contribution in [0.1, 0.15) is 39.5 Å². The first kappa shape index (κ1) is 11.4. The SMILES string of the molecule is CC/C=C/CC1C(=O)CCC1C(C)O. The minimum absolute atomic E-state index is 0.0674. The first-order chi connectivity index (χ1) is 6.66. The number of Topliss-reactive ketones (excluding diaryl/α,β-unsaturated/α-hetero) is 1. The maximum absolute atomic E-state index is 11.5. The Balaban J connectivity index is 2.53. The van der Waals surface area contributed by atoms with Gasteiger partial charge < -0.3 is 5.11 Å². The molecule has 3 atom stereocenters. The first-order valence-corrected chi connectivity index (χ1v) is 5.52. The fourth-order valence-corrected chi connectivity index (χ4v) is 2.23. The van der Waals surface area contributed by atoms with Crippen molar-refractivity contribution in [2.45, 2.75) is 45.6 Å². The average molecular weight is 196 g/mol. The summed E-state index contributed by atoms with van der Waals surface area (Å²) in [6.07, 6.45) is 7.15. The van der Waals surface area contributed by atoms with Crippen molar-refractivity contribution in [2.24, 2.45) is 11.8 Å². The lowest BCUT2D eigenvalue weighted by Crippen LogP contribution is -2.23. The monoisotopic (exact) mass is 196 g/mol. The fourth-order valence-electron chi connectivity index (χ4n) is 2.23. The summed E-state index contributed by atoms with van der Waals surface area (Å²) < 4.78 is 0. The number of allylic oxidation sites excluding steroid dienone is 2. The molecule has 1 N–H and O–H groups in total. The molecule has 1 aliphatic carbocycles. The first-order valence-electron chi connectivity index (χ1n) is 5.52. The molecule has 0 aliphatic heterocycles. The van der Waals surface area contributed by atoms with E-state index in [0.29, 0.717) is 12.2 Å². The number of ketones is 1. The van der Waals surface area contributed by atoms with Crippen LogP contribution in [0, 0.1) is 11.8 Å². The number of aliphatic hydroxyl groups is 1. The van der Waals surface area contributed by atoms with Crippen molar-refractivity contribution in [2.75, 3.05) is 0 Å². The summed E-state index contributed by atoms with van der Waals surface area (Å²) in [5, 5.41) is 9.52. The maximum atomic E-state index is 11.5. The van der Waals surface area contributed by atoms with Crippen molar-refractivity contribution in [1.82, 2.24) is 0 Å². The third-order valence-corrected chi connectivity index (χ3v) is 3.07. The Bertz CT molecular complexity index is 218. The number of rotatable bonds is 4. The van der Waals surface area contributed by atoms with Gasteiger partial charge in [-0.05, 0) is 32.1 Å². The summed E-state index contributed by atoms with van der Waals surface area (Å²) in [6, 6.07) is 0. The molecule has 2 nitrogen and oxygen atoms in total. The Labute approximate surface area is 86.0 Å². The van der Waals surface area contributed by atoms with Gasteiger partial charge in [0.25, 0.3) is 0 Å². The number of carbonyl (C=O) groups is 1. The average Bonchev–Trinajstić information content (AvgIpc) is 2.48. The minimum atomic E-state index is -0.346. The van der Waals surface area contributed by atoms with Crippen LogP contribution in [0.3, 0.4) is 0 Å². The van der Waals surface area contributed by atoms with Crippen LogP contribution in [-0.4, -0.2) is 17.0 Å². The molecule has 0 aromatic rings. The zero-order chi connectivity index (χ0) is 10.6. The van der Waals surface area contributed by atoms with Gasteiger partial charge in [0.2, 0.25) is 0 Å². The predicted molar refractivity (Wildman–Crippen MR) is 56.9 cm³/mol. The zero-order valence-corrected chi connectivity index (χ0v) is 9.07. The molecule has 0 heterocycles. The molecule has 0 aromatic heterocycles. The standard InChI is InChI=1S/C12H20O2/c1-3-4-5-6-11-10(9(2)13)7-8-12(11)14/h4-5,9-11,13H,3,6-8H2,1-2H3/b5-4+. The normalized spacial score (nSPS) is 30.1. The molecule has 0 radical (unpaired) electrons. The van der Waals surface area contributed by atoms with Gasteiger partial charge in [-0.25, -0.2) is 0 Å². The molecular weight excluding hydrogens is 176 g/mol. The molecule has 2 heteroatoms. The number of hydrogen-bond donors (Lipinski definition) is 1. The molecule has 0 amide bonds. The van der Waals surface area contributed by atoms with E-state index in [0.717, 1.165) is 19.3 Å². The van der Waals surface area contributed by atoms with Gasteiger partial charge in [0.05, 0.1) is 6.10 Å². The Morgan fingerprint density at radius 1 is 1.57 bits per heavy atom. The van der Waals surface area contributed by atoms with E-state index < -0.39 is 0 Å². The molecule has 0 spiro atoms. The Kier molecular flexibility index (Phi) is 4.33. The zero-order valence-electron chi connectivity index (χ0n) is 9.07. The lowest BCUT2D eigenvalue weighted by Gasteiger charge is -2.19. The van der Waals surface area contributed by atoms with Gasteiger partial charge in [-0.2, -0.15) is 0 Å². The lowest BCUT2D eigenvalue weighted by molar-refractivity contribution is -0.121. The predicted octanol–water partition coefficient (Wildman–Crippen LogP) is 2.32. The van der Waals surface area contributed by atoms with Crippen LogP contribution >= 0.6 is 0 Å². The summed E-state index contributed by atoms with van der Waals surface area (Å²) in [5.41, 5.74) is 0. The van der Waals surface area contributed by atoms with Crippen molar-refractivity contribution in [3.63, 3.8) is 0 Å². The van der Waals surface area contributed by atoms with E-state index in [1.54, 1.807) is 6.92 Å². The highest BCUT2D eigenvalue weighted by molar-refractivity contribution is 5.83. The van der Waals surface area contributed by atoms with Gasteiger partial charge in [0.1, 0.15) is 5.78 Å². The van der Waals surface area contributed by atoms with Crippen LogP contribution in [0.5, 0.6) is 0 Å². The van der Waals surface area contributed by atoms with Crippen LogP contribution in [0.25, 0.3) is 0 Å². The third kappa shape index (κ3) is 2.68. The van der Waals surface area contributed by atoms with E-state index in [2.05, 4.69) is 19.1 Å². The Morgan fingerprint density at radius 3 is 2.86 bits per heavy atom. The van der Waals surface area contributed by atoms with E-state index in [4.69, 9.17) is 0 Å². The Hall–Kier alpha value is -0.630. The fraction of sp³-hybridized carbons (Fsp3) is 0.750. The van der Waals surface area contributed by atoms with Crippen LogP contribution in [0.15, 0.2) is 12.2 Å². The highest BCUT2D eigenvalue weighted by atomic mass is 16.3. The molecule has 1 rings (SSSR count). The second-order valence-corrected chi connectivity index (χ2v) is 4.13. The molecular formula is C12H20O2. The van der Waals surface area contributed by atoms with Crippen molar-refractivity contribution in [3.05, 3.63) is 12.2 Å². The summed E-state index contributed by atoms with van der Waals surface area (Å²) in [6.45, 7) is 3.87. The second-order valence-electron chi connectivity index (χ2n) is 4.13. The molecule has 1 fully saturated rings. The third-order valence-electron chi connectivity index (χ3n) is 3.07. The summed E-state index contributed by atoms with van der Waals surface area (Å²) in [5.74, 6) is 0.582. The molecule has 0 bridgehead atoms. The largest absolute Gasteiger partial charge is 0.393 e. The lowest BCUT2D eigenvalue weighted by atomic mass is 9.88. The summed E-state index contributed by atoms with van der Waals surface area (Å²) >= 11 is 0. The van der Waals surface area contributed by atoms with Gasteiger partial charge in [-0.15, -0.1) is 0 Å². The molecule has 1 aliphatic rings. The maximum Gasteiger partial charge on any atom is 0.136 e. The summed E-state index contributed by atoms with van der Waals surface area (Å²) in [7, 11) is 0. The van der Waals surface area contributed by atoms with Crippen molar-refractivity contribution < 1.29 is 9.90 Å². The van der Waals surface area contributed by atoms with Gasteiger partial charge >= 0.3 is 0 Å². The number of aliphatic hydroxyl groups excluding tert-OH is 1. The van der Waals surface area contributed by atoms with Crippen molar-refractivity contribution >= 4 is 5.78 Å². The summed E-state index contributed by atoms with van der Waals surface area (Å²) in [4.78, 5) is 11.5. The van der Waals surface area contributed by atoms with Crippen LogP contribution < -0.4 is 0 Å². The molecule has 14 heavy (non-hydrogen) atoms. The smallest absolute Gasteiger partial charge is 0.136 e. The van der Waals surface area contributed by atoms with Gasteiger partial charge in [-0.3, -0.25) is 4.79 Å². The van der Waals surface area contributed by atoms with Crippen molar-refractivity contribution in [3.8, 4) is 0 Å². The number of hydrogen-bond acceptors (Lipinski definition) is 2. The van der Waals surface area contributed by atoms with E-state index in [9.17, 15) is 9.90 Å². The van der Waals surface area contributed by atoms with Crippen LogP contribution in [0.2, 0.25) is 0 Å². The molecule has 0 saturated heterocycles. The Morgan fingerprint density at radius 2 is 2.29 bits per heavy atom. The molecule has 0 aromatic carbocycles. The highest BCUT2D eigenvalue weighted by Gasteiger charge is 2.36. The van der Waals surface area contributed by atoms with Crippen LogP contribution in [-0.2, 0) is 4.79 Å². The highest BCUT2D eigenvalue weighted by Crippen LogP contribution is 2.33. The molecule has 1 saturated carbocycles. The van der Waals surface area contributed by atoms with Crippen molar-refractivity contribution in [1.29, 1.82) is 0 Å². The van der Waals surface area contributed by atoms with Crippen LogP contribution in [0.4, 0.5) is 0 Å². The van der Waals surface area contributed by atoms with E-state index in [-0.39, 0.29) is 17.9 Å². The number of carbonyl (C=O) groups excluding carboxylic acids is 1. The second kappa shape index (κ2) is 5.30. The van der Waals surface area contributed by atoms with Gasteiger partial charge in [0, 0.05) is 12.3 Å². The quantitative estimate of drug-likeness (QED) is 0.701. The minimum Gasteiger partial charge on any atom is -0.393 e. The van der Waals surface area contributed by atoms with E-state index in [1.807, 2.05) is 0 Å². The van der Waals surface area contributed by atoms with E-state index >= 15 is 0 Å². The van der Waals surface area contributed by atoms with Gasteiger partial charge in [-0.1, -0.05) is 19.1 Å².